The molecule has 70 heavy (non-hydrogen) atoms. The van der Waals surface area contributed by atoms with Gasteiger partial charge < -0.3 is 9.47 Å². The molecule has 1 aliphatic carbocycles. The highest BCUT2D eigenvalue weighted by atomic mass is 19.4. The predicted molar refractivity (Wildman–Crippen MR) is 288 cm³/mol. The van der Waals surface area contributed by atoms with E-state index in [9.17, 15) is 13.2 Å². The molecule has 1 aromatic heterocycles. The van der Waals surface area contributed by atoms with E-state index >= 15 is 0 Å². The van der Waals surface area contributed by atoms with Crippen LogP contribution in [-0.2, 0) is 11.6 Å². The molecule has 12 aromatic carbocycles. The Balaban J connectivity index is 1.06. The second-order valence-corrected chi connectivity index (χ2v) is 19.7. The van der Waals surface area contributed by atoms with E-state index in [1.54, 1.807) is 6.07 Å². The third-order valence-electron chi connectivity index (χ3n) is 15.3. The zero-order valence-corrected chi connectivity index (χ0v) is 38.7. The molecule has 1 heterocycles. The maximum atomic E-state index is 14.8. The average Bonchev–Trinajstić information content (AvgIpc) is 3.83. The Bertz CT molecular complexity index is 4370. The van der Waals surface area contributed by atoms with Crippen molar-refractivity contribution in [1.82, 2.24) is 4.57 Å². The van der Waals surface area contributed by atoms with E-state index in [4.69, 9.17) is 0 Å². The van der Waals surface area contributed by atoms with E-state index in [2.05, 4.69) is 194 Å². The highest BCUT2D eigenvalue weighted by Crippen LogP contribution is 2.52. The van der Waals surface area contributed by atoms with E-state index in [0.29, 0.717) is 5.39 Å². The van der Waals surface area contributed by atoms with Crippen LogP contribution in [0.25, 0.3) is 103 Å². The standard InChI is InChI=1S/C65H43F3N2/c1-38-22-26-44-50(30-38)54-35-56-55(51-31-39(65(66,67)68)23-27-45(51)58-37-63-59(36-57(56)58)49-19-11-13-21-62(49)70(63)41-16-8-5-9-17-41)34-53(54)46-28-24-42(32-52(44)46)69(40-14-6-4-7-15-40)43-25-29-48-47-18-10-12-20-60(47)64(2,3)61(48)33-43/h4-37H,1-3H3. The normalized spacial score (nSPS) is 13.4. The van der Waals surface area contributed by atoms with Gasteiger partial charge in [0, 0.05) is 38.9 Å². The van der Waals surface area contributed by atoms with Crippen LogP contribution in [0, 0.1) is 6.92 Å². The summed E-state index contributed by atoms with van der Waals surface area (Å²) in [4.78, 5) is 2.34. The van der Waals surface area contributed by atoms with E-state index in [-0.39, 0.29) is 5.41 Å². The number of hydrogen-bond acceptors (Lipinski definition) is 1. The first-order valence-corrected chi connectivity index (χ1v) is 23.9. The van der Waals surface area contributed by atoms with Gasteiger partial charge in [-0.05, 0) is 185 Å². The highest BCUT2D eigenvalue weighted by molar-refractivity contribution is 6.34. The molecule has 2 nitrogen and oxygen atoms in total. The summed E-state index contributed by atoms with van der Waals surface area (Å²) < 4.78 is 46.6. The van der Waals surface area contributed by atoms with Crippen LogP contribution in [0.15, 0.2) is 206 Å². The van der Waals surface area contributed by atoms with Crippen molar-refractivity contribution in [3.63, 3.8) is 0 Å². The number of anilines is 3. The third-order valence-corrected chi connectivity index (χ3v) is 15.3. The van der Waals surface area contributed by atoms with E-state index in [0.717, 1.165) is 109 Å². The maximum absolute atomic E-state index is 14.8. The quantitative estimate of drug-likeness (QED) is 0.126. The van der Waals surface area contributed by atoms with Gasteiger partial charge in [0.15, 0.2) is 0 Å². The first-order chi connectivity index (χ1) is 34.0. The van der Waals surface area contributed by atoms with Crippen LogP contribution < -0.4 is 4.90 Å². The monoisotopic (exact) mass is 908 g/mol. The Morgan fingerprint density at radius 3 is 1.64 bits per heavy atom. The molecule has 0 spiro atoms. The minimum Gasteiger partial charge on any atom is -0.310 e. The summed E-state index contributed by atoms with van der Waals surface area (Å²) in [6.07, 6.45) is -4.52. The van der Waals surface area contributed by atoms with Crippen molar-refractivity contribution < 1.29 is 13.2 Å². The fraction of sp³-hybridized carbons (Fsp3) is 0.0769. The molecule has 334 valence electrons. The van der Waals surface area contributed by atoms with E-state index in [1.807, 2.05) is 24.3 Å². The topological polar surface area (TPSA) is 8.17 Å². The second kappa shape index (κ2) is 14.6. The van der Waals surface area contributed by atoms with Gasteiger partial charge in [0.1, 0.15) is 0 Å². The molecule has 0 radical (unpaired) electrons. The Morgan fingerprint density at radius 2 is 0.900 bits per heavy atom. The van der Waals surface area contributed by atoms with Gasteiger partial charge >= 0.3 is 6.18 Å². The summed E-state index contributed by atoms with van der Waals surface area (Å²) in [6, 6.07) is 71.4. The van der Waals surface area contributed by atoms with Crippen molar-refractivity contribution in [2.24, 2.45) is 0 Å². The number of rotatable bonds is 4. The fourth-order valence-corrected chi connectivity index (χ4v) is 12.1. The molecule has 5 heteroatoms. The SMILES string of the molecule is Cc1ccc2c(c1)c1cc3c(cc1c1ccc(N(c4ccccc4)c4ccc5c(c4)C(C)(C)c4ccccc4-5)cc21)c1cc(C(F)(F)F)ccc1c1cc2c(cc31)c1ccccc1n2-c1ccccc1. The Kier molecular flexibility index (Phi) is 8.45. The molecule has 0 fully saturated rings. The minimum atomic E-state index is -4.52. The van der Waals surface area contributed by atoms with E-state index in [1.165, 1.54) is 34.4 Å². The van der Waals surface area contributed by atoms with Crippen molar-refractivity contribution in [2.75, 3.05) is 4.90 Å². The molecule has 0 aliphatic heterocycles. The van der Waals surface area contributed by atoms with Crippen molar-refractivity contribution >= 4 is 104 Å². The number of nitrogens with zero attached hydrogens (tertiary/aromatic N) is 2. The average molecular weight is 909 g/mol. The zero-order valence-electron chi connectivity index (χ0n) is 38.7. The van der Waals surface area contributed by atoms with Gasteiger partial charge in [0.25, 0.3) is 0 Å². The summed E-state index contributed by atoms with van der Waals surface area (Å²) in [6.45, 7) is 6.75. The van der Waals surface area contributed by atoms with Gasteiger partial charge in [-0.25, -0.2) is 0 Å². The molecule has 1 aliphatic rings. The summed E-state index contributed by atoms with van der Waals surface area (Å²) in [5, 5.41) is 13.6. The summed E-state index contributed by atoms with van der Waals surface area (Å²) in [5.74, 6) is 0. The molecule has 0 saturated carbocycles. The predicted octanol–water partition coefficient (Wildman–Crippen LogP) is 18.8. The molecule has 0 unspecified atom stereocenters. The van der Waals surface area contributed by atoms with E-state index < -0.39 is 11.7 Å². The van der Waals surface area contributed by atoms with Crippen molar-refractivity contribution in [1.29, 1.82) is 0 Å². The number of halogens is 3. The number of benzene rings is 12. The lowest BCUT2D eigenvalue weighted by atomic mass is 9.82. The van der Waals surface area contributed by atoms with Gasteiger partial charge in [0.2, 0.25) is 0 Å². The van der Waals surface area contributed by atoms with Crippen molar-refractivity contribution in [3.05, 3.63) is 229 Å². The Morgan fingerprint density at radius 1 is 0.371 bits per heavy atom. The zero-order chi connectivity index (χ0) is 47.2. The lowest BCUT2D eigenvalue weighted by Crippen LogP contribution is -2.16. The second-order valence-electron chi connectivity index (χ2n) is 19.7. The largest absolute Gasteiger partial charge is 0.416 e. The lowest BCUT2D eigenvalue weighted by Gasteiger charge is -2.28. The number of para-hydroxylation sites is 3. The number of aromatic nitrogens is 1. The van der Waals surface area contributed by atoms with Crippen molar-refractivity contribution in [3.8, 4) is 16.8 Å². The first-order valence-electron chi connectivity index (χ1n) is 23.9. The molecule has 0 N–H and O–H groups in total. The third kappa shape index (κ3) is 5.81. The van der Waals surface area contributed by atoms with Gasteiger partial charge in [0.05, 0.1) is 16.6 Å². The molecule has 0 amide bonds. The summed E-state index contributed by atoms with van der Waals surface area (Å²) in [5.41, 5.74) is 11.7. The number of fused-ring (bicyclic) bond motifs is 18. The number of aryl methyl sites for hydroxylation is 1. The van der Waals surface area contributed by atoms with Crippen LogP contribution in [0.2, 0.25) is 0 Å². The van der Waals surface area contributed by atoms with Crippen LogP contribution in [0.3, 0.4) is 0 Å². The van der Waals surface area contributed by atoms with Gasteiger partial charge in [-0.1, -0.05) is 135 Å². The molecule has 13 aromatic rings. The molecule has 0 saturated heterocycles. The van der Waals surface area contributed by atoms with Gasteiger partial charge in [-0.2, -0.15) is 13.2 Å². The molecule has 0 bridgehead atoms. The van der Waals surface area contributed by atoms with Crippen LogP contribution in [0.4, 0.5) is 30.2 Å². The minimum absolute atomic E-state index is 0.174. The van der Waals surface area contributed by atoms with Gasteiger partial charge in [-0.3, -0.25) is 0 Å². The maximum Gasteiger partial charge on any atom is 0.416 e. The first kappa shape index (κ1) is 40.6. The molecular weight excluding hydrogens is 866 g/mol. The number of alkyl halides is 3. The fourth-order valence-electron chi connectivity index (χ4n) is 12.1. The van der Waals surface area contributed by atoms with Crippen LogP contribution in [-0.4, -0.2) is 4.57 Å². The summed E-state index contributed by atoms with van der Waals surface area (Å²) in [7, 11) is 0. The van der Waals surface area contributed by atoms with Gasteiger partial charge in [-0.15, -0.1) is 0 Å². The molecular formula is C65H43F3N2. The Labute approximate surface area is 402 Å². The summed E-state index contributed by atoms with van der Waals surface area (Å²) >= 11 is 0. The van der Waals surface area contributed by atoms with Crippen LogP contribution >= 0.6 is 0 Å². The smallest absolute Gasteiger partial charge is 0.310 e. The van der Waals surface area contributed by atoms with Crippen LogP contribution in [0.5, 0.6) is 0 Å². The molecule has 0 atom stereocenters. The Hall–Kier alpha value is -8.41. The van der Waals surface area contributed by atoms with Crippen molar-refractivity contribution in [2.45, 2.75) is 32.4 Å². The highest BCUT2D eigenvalue weighted by Gasteiger charge is 2.36. The lowest BCUT2D eigenvalue weighted by molar-refractivity contribution is -0.137. The van der Waals surface area contributed by atoms with Crippen LogP contribution in [0.1, 0.15) is 36.1 Å². The number of hydrogen-bond donors (Lipinski definition) is 0. The molecule has 14 rings (SSSR count).